The number of benzene rings is 1. The van der Waals surface area contributed by atoms with E-state index in [1.807, 2.05) is 32.0 Å². The summed E-state index contributed by atoms with van der Waals surface area (Å²) < 4.78 is 0. The maximum atomic E-state index is 11.9. The summed E-state index contributed by atoms with van der Waals surface area (Å²) >= 11 is 6.00. The van der Waals surface area contributed by atoms with Gasteiger partial charge in [-0.25, -0.2) is 0 Å². The Balaban J connectivity index is 2.67. The number of nitrogens with one attached hydrogen (secondary N) is 1. The molecule has 4 heteroatoms. The third-order valence-corrected chi connectivity index (χ3v) is 2.70. The van der Waals surface area contributed by atoms with E-state index in [2.05, 4.69) is 10.3 Å². The van der Waals surface area contributed by atoms with Crippen LogP contribution in [0.3, 0.4) is 0 Å². The third-order valence-electron chi connectivity index (χ3n) is 2.48. The summed E-state index contributed by atoms with van der Waals surface area (Å²) in [5.74, 6) is -0.141. The van der Waals surface area contributed by atoms with E-state index in [9.17, 15) is 4.79 Å². The Labute approximate surface area is 105 Å². The maximum absolute atomic E-state index is 11.9. The molecule has 2 aromatic rings. The number of hydrogen-bond acceptors (Lipinski definition) is 2. The molecule has 0 radical (unpaired) electrons. The number of halogens is 1. The van der Waals surface area contributed by atoms with Crippen molar-refractivity contribution in [1.29, 1.82) is 0 Å². The Bertz CT molecular complexity index is 581. The average molecular weight is 249 g/mol. The van der Waals surface area contributed by atoms with Crippen LogP contribution in [0.15, 0.2) is 24.3 Å². The molecule has 0 saturated carbocycles. The van der Waals surface area contributed by atoms with Crippen molar-refractivity contribution in [2.75, 3.05) is 6.54 Å². The van der Waals surface area contributed by atoms with Crippen molar-refractivity contribution in [3.63, 3.8) is 0 Å². The van der Waals surface area contributed by atoms with Crippen LogP contribution in [0.4, 0.5) is 0 Å². The normalized spacial score (nSPS) is 10.5. The largest absolute Gasteiger partial charge is 0.352 e. The van der Waals surface area contributed by atoms with Gasteiger partial charge in [-0.2, -0.15) is 0 Å². The molecule has 0 aliphatic heterocycles. The fraction of sp³-hybridized carbons (Fsp3) is 0.231. The van der Waals surface area contributed by atoms with Crippen molar-refractivity contribution in [2.24, 2.45) is 0 Å². The lowest BCUT2D eigenvalue weighted by atomic mass is 10.1. The Morgan fingerprint density at radius 1 is 1.41 bits per heavy atom. The summed E-state index contributed by atoms with van der Waals surface area (Å²) in [5, 5.41) is 4.19. The highest BCUT2D eigenvalue weighted by atomic mass is 35.5. The molecule has 1 aromatic heterocycles. The minimum absolute atomic E-state index is 0.141. The third kappa shape index (κ3) is 2.39. The smallest absolute Gasteiger partial charge is 0.253 e. The second kappa shape index (κ2) is 4.72. The number of amides is 1. The molecule has 0 aliphatic carbocycles. The van der Waals surface area contributed by atoms with E-state index in [0.717, 1.165) is 11.1 Å². The molecule has 1 N–H and O–H groups in total. The first-order chi connectivity index (χ1) is 8.11. The number of hydrogen-bond donors (Lipinski definition) is 1. The lowest BCUT2D eigenvalue weighted by molar-refractivity contribution is 0.0957. The second-order valence-corrected chi connectivity index (χ2v) is 4.27. The average Bonchev–Trinajstić information content (AvgIpc) is 2.29. The first-order valence-corrected chi connectivity index (χ1v) is 5.84. The highest BCUT2D eigenvalue weighted by Crippen LogP contribution is 2.22. The Morgan fingerprint density at radius 3 is 2.88 bits per heavy atom. The molecule has 3 nitrogen and oxygen atoms in total. The highest BCUT2D eigenvalue weighted by molar-refractivity contribution is 6.32. The molecule has 0 unspecified atom stereocenters. The number of aryl methyl sites for hydroxylation is 1. The van der Waals surface area contributed by atoms with E-state index in [-0.39, 0.29) is 5.91 Å². The van der Waals surface area contributed by atoms with Crippen LogP contribution in [-0.4, -0.2) is 17.4 Å². The molecule has 0 atom stereocenters. The molecule has 1 heterocycles. The van der Waals surface area contributed by atoms with Gasteiger partial charge < -0.3 is 5.32 Å². The number of aromatic nitrogens is 1. The summed E-state index contributed by atoms with van der Waals surface area (Å²) in [7, 11) is 0. The van der Waals surface area contributed by atoms with Crippen molar-refractivity contribution in [3.05, 3.63) is 40.5 Å². The van der Waals surface area contributed by atoms with Crippen molar-refractivity contribution in [1.82, 2.24) is 10.3 Å². The number of fused-ring (bicyclic) bond motifs is 1. The van der Waals surface area contributed by atoms with Crippen LogP contribution in [0.5, 0.6) is 0 Å². The van der Waals surface area contributed by atoms with Gasteiger partial charge in [0.25, 0.3) is 5.91 Å². The number of carbonyl (C=O) groups excluding carboxylic acids is 1. The van der Waals surface area contributed by atoms with E-state index in [0.29, 0.717) is 22.6 Å². The number of pyridine rings is 1. The molecule has 2 rings (SSSR count). The predicted molar refractivity (Wildman–Crippen MR) is 69.5 cm³/mol. The first-order valence-electron chi connectivity index (χ1n) is 5.47. The van der Waals surface area contributed by atoms with Gasteiger partial charge in [0.1, 0.15) is 0 Å². The van der Waals surface area contributed by atoms with Gasteiger partial charge in [0.2, 0.25) is 0 Å². The predicted octanol–water partition coefficient (Wildman–Crippen LogP) is 2.95. The summed E-state index contributed by atoms with van der Waals surface area (Å²) in [5.41, 5.74) is 2.10. The highest BCUT2D eigenvalue weighted by Gasteiger charge is 2.12. The van der Waals surface area contributed by atoms with Gasteiger partial charge in [-0.1, -0.05) is 17.7 Å². The van der Waals surface area contributed by atoms with Crippen molar-refractivity contribution in [3.8, 4) is 0 Å². The molecule has 0 fully saturated rings. The maximum Gasteiger partial charge on any atom is 0.253 e. The fourth-order valence-electron chi connectivity index (χ4n) is 1.73. The van der Waals surface area contributed by atoms with Crippen LogP contribution < -0.4 is 5.32 Å². The summed E-state index contributed by atoms with van der Waals surface area (Å²) in [4.78, 5) is 16.3. The van der Waals surface area contributed by atoms with Crippen LogP contribution in [-0.2, 0) is 0 Å². The molecule has 0 saturated heterocycles. The molecule has 1 aromatic carbocycles. The fourth-order valence-corrected chi connectivity index (χ4v) is 1.95. The lowest BCUT2D eigenvalue weighted by Gasteiger charge is -2.07. The van der Waals surface area contributed by atoms with E-state index < -0.39 is 0 Å². The number of nitrogens with zero attached hydrogens (tertiary/aromatic N) is 1. The molecule has 88 valence electrons. The van der Waals surface area contributed by atoms with Crippen LogP contribution in [0.1, 0.15) is 23.0 Å². The summed E-state index contributed by atoms with van der Waals surface area (Å²) in [6.45, 7) is 4.36. The molecule has 0 bridgehead atoms. The number of rotatable bonds is 2. The Morgan fingerprint density at radius 2 is 2.18 bits per heavy atom. The van der Waals surface area contributed by atoms with Crippen LogP contribution in [0, 0.1) is 6.92 Å². The molecule has 17 heavy (non-hydrogen) atoms. The Kier molecular flexibility index (Phi) is 3.29. The zero-order chi connectivity index (χ0) is 12.4. The minimum Gasteiger partial charge on any atom is -0.352 e. The van der Waals surface area contributed by atoms with Gasteiger partial charge in [-0.15, -0.1) is 0 Å². The van der Waals surface area contributed by atoms with Crippen molar-refractivity contribution >= 4 is 28.4 Å². The van der Waals surface area contributed by atoms with Gasteiger partial charge in [0.15, 0.2) is 0 Å². The van der Waals surface area contributed by atoms with E-state index in [1.165, 1.54) is 0 Å². The van der Waals surface area contributed by atoms with E-state index >= 15 is 0 Å². The van der Waals surface area contributed by atoms with Gasteiger partial charge in [0, 0.05) is 22.6 Å². The first kappa shape index (κ1) is 11.9. The molecule has 0 aliphatic rings. The van der Waals surface area contributed by atoms with Crippen molar-refractivity contribution < 1.29 is 4.79 Å². The van der Waals surface area contributed by atoms with Crippen molar-refractivity contribution in [2.45, 2.75) is 13.8 Å². The SMILES string of the molecule is CCNC(=O)c1cc(Cl)cc2ccc(C)nc12. The second-order valence-electron chi connectivity index (χ2n) is 3.84. The Hall–Kier alpha value is -1.61. The molecule has 1 amide bonds. The van der Waals surface area contributed by atoms with E-state index in [1.54, 1.807) is 6.07 Å². The molecule has 0 spiro atoms. The molecular weight excluding hydrogens is 236 g/mol. The zero-order valence-corrected chi connectivity index (χ0v) is 10.5. The van der Waals surface area contributed by atoms with Crippen LogP contribution in [0.2, 0.25) is 5.02 Å². The summed E-state index contributed by atoms with van der Waals surface area (Å²) in [6, 6.07) is 7.29. The zero-order valence-electron chi connectivity index (χ0n) is 9.75. The van der Waals surface area contributed by atoms with Crippen LogP contribution in [0.25, 0.3) is 10.9 Å². The summed E-state index contributed by atoms with van der Waals surface area (Å²) in [6.07, 6.45) is 0. The molecular formula is C13H13ClN2O. The number of carbonyl (C=O) groups is 1. The van der Waals surface area contributed by atoms with E-state index in [4.69, 9.17) is 11.6 Å². The monoisotopic (exact) mass is 248 g/mol. The van der Waals surface area contributed by atoms with Crippen LogP contribution >= 0.6 is 11.6 Å². The minimum atomic E-state index is -0.141. The lowest BCUT2D eigenvalue weighted by Crippen LogP contribution is -2.23. The van der Waals surface area contributed by atoms with Gasteiger partial charge in [-0.05, 0) is 32.0 Å². The van der Waals surface area contributed by atoms with Gasteiger partial charge in [-0.3, -0.25) is 9.78 Å². The quantitative estimate of drug-likeness (QED) is 0.888. The van der Waals surface area contributed by atoms with Gasteiger partial charge in [0.05, 0.1) is 11.1 Å². The van der Waals surface area contributed by atoms with Gasteiger partial charge >= 0.3 is 0 Å². The topological polar surface area (TPSA) is 42.0 Å². The standard InChI is InChI=1S/C13H13ClN2O/c1-3-15-13(17)11-7-10(14)6-9-5-4-8(2)16-12(9)11/h4-7H,3H2,1-2H3,(H,15,17).